The van der Waals surface area contributed by atoms with E-state index in [1.165, 1.54) is 6.07 Å². The molecule has 0 bridgehead atoms. The summed E-state index contributed by atoms with van der Waals surface area (Å²) in [6, 6.07) is 4.01. The van der Waals surface area contributed by atoms with Gasteiger partial charge in [-0.3, -0.25) is 0 Å². The fraction of sp³-hybridized carbons (Fsp3) is 0.455. The zero-order chi connectivity index (χ0) is 12.9. The lowest BCUT2D eigenvalue weighted by atomic mass is 9.93. The van der Waals surface area contributed by atoms with E-state index in [1.807, 2.05) is 0 Å². The predicted molar refractivity (Wildman–Crippen MR) is 51.7 cm³/mol. The van der Waals surface area contributed by atoms with Gasteiger partial charge in [-0.2, -0.15) is 13.2 Å². The Kier molecular flexibility index (Phi) is 2.47. The van der Waals surface area contributed by atoms with Gasteiger partial charge < -0.3 is 5.73 Å². The van der Waals surface area contributed by atoms with Crippen LogP contribution in [0.25, 0.3) is 0 Å². The molecule has 0 heterocycles. The number of rotatable bonds is 2. The molecule has 1 aliphatic carbocycles. The van der Waals surface area contributed by atoms with Crippen LogP contribution in [0.4, 0.5) is 22.0 Å². The first-order chi connectivity index (χ1) is 7.73. The molecule has 2 N–H and O–H groups in total. The second-order valence-electron chi connectivity index (χ2n) is 4.25. The second-order valence-corrected chi connectivity index (χ2v) is 4.25. The lowest BCUT2D eigenvalue weighted by Crippen LogP contribution is -2.27. The van der Waals surface area contributed by atoms with E-state index in [1.54, 1.807) is 0 Å². The summed E-state index contributed by atoms with van der Waals surface area (Å²) in [7, 11) is 0. The van der Waals surface area contributed by atoms with Crippen LogP contribution in [0.2, 0.25) is 0 Å². The molecule has 1 saturated carbocycles. The van der Waals surface area contributed by atoms with Crippen molar-refractivity contribution in [3.63, 3.8) is 0 Å². The first kappa shape index (κ1) is 12.3. The monoisotopic (exact) mass is 251 g/mol. The lowest BCUT2D eigenvalue weighted by molar-refractivity contribution is -0.137. The van der Waals surface area contributed by atoms with Gasteiger partial charge in [0.2, 0.25) is 0 Å². The Morgan fingerprint density at radius 3 is 2.24 bits per heavy atom. The van der Waals surface area contributed by atoms with Crippen molar-refractivity contribution in [2.45, 2.75) is 23.9 Å². The third-order valence-electron chi connectivity index (χ3n) is 3.19. The molecule has 0 radical (unpaired) electrons. The Labute approximate surface area is 94.4 Å². The maximum Gasteiger partial charge on any atom is 0.416 e. The van der Waals surface area contributed by atoms with Gasteiger partial charge >= 0.3 is 6.18 Å². The highest BCUT2D eigenvalue weighted by Gasteiger charge is 2.71. The van der Waals surface area contributed by atoms with Gasteiger partial charge in [0.15, 0.2) is 0 Å². The summed E-state index contributed by atoms with van der Waals surface area (Å²) in [5, 5.41) is 0. The van der Waals surface area contributed by atoms with Crippen LogP contribution >= 0.6 is 0 Å². The summed E-state index contributed by atoms with van der Waals surface area (Å²) < 4.78 is 63.8. The van der Waals surface area contributed by atoms with Crippen LogP contribution in [0.5, 0.6) is 0 Å². The summed E-state index contributed by atoms with van der Waals surface area (Å²) in [6.07, 6.45) is -5.02. The standard InChI is InChI=1S/C11H10F5N/c12-10(13)5-9(10,6-17)7-2-1-3-8(4-7)11(14,15)16/h1-4H,5-6,17H2. The molecule has 1 aliphatic rings. The molecule has 1 nitrogen and oxygen atoms in total. The van der Waals surface area contributed by atoms with Crippen LogP contribution < -0.4 is 5.73 Å². The summed E-state index contributed by atoms with van der Waals surface area (Å²) in [5.41, 5.74) is 2.69. The van der Waals surface area contributed by atoms with E-state index in [2.05, 4.69) is 0 Å². The SMILES string of the molecule is NCC1(c2cccc(C(F)(F)F)c2)CC1(F)F. The first-order valence-corrected chi connectivity index (χ1v) is 4.99. The zero-order valence-electron chi connectivity index (χ0n) is 8.69. The van der Waals surface area contributed by atoms with Gasteiger partial charge in [0, 0.05) is 13.0 Å². The van der Waals surface area contributed by atoms with Crippen LogP contribution in [-0.2, 0) is 11.6 Å². The van der Waals surface area contributed by atoms with Crippen molar-refractivity contribution in [1.29, 1.82) is 0 Å². The molecule has 17 heavy (non-hydrogen) atoms. The molecule has 0 aromatic heterocycles. The van der Waals surface area contributed by atoms with Gasteiger partial charge in [-0.25, -0.2) is 8.78 Å². The third kappa shape index (κ3) is 1.80. The molecule has 0 saturated heterocycles. The summed E-state index contributed by atoms with van der Waals surface area (Å²) in [4.78, 5) is 0. The summed E-state index contributed by atoms with van der Waals surface area (Å²) >= 11 is 0. The molecule has 1 atom stereocenters. The first-order valence-electron chi connectivity index (χ1n) is 4.99. The molecule has 6 heteroatoms. The molecule has 1 unspecified atom stereocenters. The third-order valence-corrected chi connectivity index (χ3v) is 3.19. The van der Waals surface area contributed by atoms with E-state index < -0.39 is 29.5 Å². The number of alkyl halides is 5. The van der Waals surface area contributed by atoms with Crippen molar-refractivity contribution >= 4 is 0 Å². The highest BCUT2D eigenvalue weighted by Crippen LogP contribution is 2.61. The van der Waals surface area contributed by atoms with Crippen LogP contribution in [0.15, 0.2) is 24.3 Å². The van der Waals surface area contributed by atoms with Crippen molar-refractivity contribution in [3.8, 4) is 0 Å². The van der Waals surface area contributed by atoms with Crippen LogP contribution in [0.3, 0.4) is 0 Å². The van der Waals surface area contributed by atoms with E-state index in [0.29, 0.717) is 0 Å². The molecular weight excluding hydrogens is 241 g/mol. The Bertz CT molecular complexity index is 440. The van der Waals surface area contributed by atoms with Gasteiger partial charge in [-0.1, -0.05) is 18.2 Å². The molecule has 0 aliphatic heterocycles. The zero-order valence-corrected chi connectivity index (χ0v) is 8.69. The van der Waals surface area contributed by atoms with Crippen molar-refractivity contribution in [2.75, 3.05) is 6.54 Å². The van der Waals surface area contributed by atoms with Gasteiger partial charge in [0.1, 0.15) is 0 Å². The Hall–Kier alpha value is -1.17. The molecule has 1 aromatic carbocycles. The van der Waals surface area contributed by atoms with Crippen LogP contribution in [0, 0.1) is 0 Å². The second kappa shape index (κ2) is 3.41. The van der Waals surface area contributed by atoms with E-state index >= 15 is 0 Å². The summed E-state index contributed by atoms with van der Waals surface area (Å²) in [5.74, 6) is -3.01. The molecule has 1 fully saturated rings. The van der Waals surface area contributed by atoms with E-state index in [9.17, 15) is 22.0 Å². The smallest absolute Gasteiger partial charge is 0.329 e. The normalized spacial score (nSPS) is 26.9. The molecule has 2 rings (SSSR count). The Balaban J connectivity index is 2.42. The predicted octanol–water partition coefficient (Wildman–Crippen LogP) is 2.94. The number of hydrogen-bond donors (Lipinski definition) is 1. The van der Waals surface area contributed by atoms with Crippen molar-refractivity contribution in [3.05, 3.63) is 35.4 Å². The molecule has 0 amide bonds. The van der Waals surface area contributed by atoms with Gasteiger partial charge in [0.25, 0.3) is 5.92 Å². The summed E-state index contributed by atoms with van der Waals surface area (Å²) in [6.45, 7) is -0.360. The quantitative estimate of drug-likeness (QED) is 0.803. The maximum atomic E-state index is 13.2. The maximum absolute atomic E-state index is 13.2. The van der Waals surface area contributed by atoms with Gasteiger partial charge in [-0.05, 0) is 11.6 Å². The topological polar surface area (TPSA) is 26.0 Å². The minimum Gasteiger partial charge on any atom is -0.329 e. The largest absolute Gasteiger partial charge is 0.416 e. The van der Waals surface area contributed by atoms with E-state index in [4.69, 9.17) is 5.73 Å². The number of halogens is 5. The molecule has 94 valence electrons. The average molecular weight is 251 g/mol. The minimum atomic E-state index is -4.53. The van der Waals surface area contributed by atoms with Crippen molar-refractivity contribution in [2.24, 2.45) is 5.73 Å². The van der Waals surface area contributed by atoms with Crippen LogP contribution in [-0.4, -0.2) is 12.5 Å². The molecular formula is C11H10F5N. The Morgan fingerprint density at radius 2 is 1.82 bits per heavy atom. The Morgan fingerprint density at radius 1 is 1.24 bits per heavy atom. The van der Waals surface area contributed by atoms with Gasteiger partial charge in [-0.15, -0.1) is 0 Å². The average Bonchev–Trinajstić information content (AvgIpc) is 2.81. The fourth-order valence-corrected chi connectivity index (χ4v) is 1.98. The van der Waals surface area contributed by atoms with Crippen LogP contribution in [0.1, 0.15) is 17.5 Å². The van der Waals surface area contributed by atoms with Crippen molar-refractivity contribution in [1.82, 2.24) is 0 Å². The van der Waals surface area contributed by atoms with E-state index in [0.717, 1.165) is 18.2 Å². The van der Waals surface area contributed by atoms with Crippen molar-refractivity contribution < 1.29 is 22.0 Å². The van der Waals surface area contributed by atoms with Gasteiger partial charge in [0.05, 0.1) is 11.0 Å². The fourth-order valence-electron chi connectivity index (χ4n) is 1.98. The number of benzene rings is 1. The lowest BCUT2D eigenvalue weighted by Gasteiger charge is -2.16. The minimum absolute atomic E-state index is 0.0418. The molecule has 1 aromatic rings. The highest BCUT2D eigenvalue weighted by atomic mass is 19.4. The molecule has 0 spiro atoms. The van der Waals surface area contributed by atoms with E-state index in [-0.39, 0.29) is 12.1 Å². The number of nitrogens with two attached hydrogens (primary N) is 1. The number of hydrogen-bond acceptors (Lipinski definition) is 1. The highest BCUT2D eigenvalue weighted by molar-refractivity contribution is 5.41.